The molecule has 0 bridgehead atoms. The molecule has 1 aromatic heterocycles. The second kappa shape index (κ2) is 15.9. The van der Waals surface area contributed by atoms with Crippen molar-refractivity contribution in [2.45, 2.75) is 66.5 Å². The largest absolute Gasteiger partial charge is 0.493 e. The van der Waals surface area contributed by atoms with Crippen LogP contribution in [0, 0.1) is 23.6 Å². The lowest BCUT2D eigenvalue weighted by Gasteiger charge is -2.42. The van der Waals surface area contributed by atoms with Gasteiger partial charge in [-0.15, -0.1) is 0 Å². The summed E-state index contributed by atoms with van der Waals surface area (Å²) in [6.45, 7) is 11.2. The van der Waals surface area contributed by atoms with E-state index in [1.54, 1.807) is 11.8 Å². The minimum Gasteiger partial charge on any atom is -0.493 e. The third-order valence-electron chi connectivity index (χ3n) is 8.82. The zero-order valence-electron chi connectivity index (χ0n) is 29.1. The van der Waals surface area contributed by atoms with Gasteiger partial charge in [0.15, 0.2) is 5.82 Å². The van der Waals surface area contributed by atoms with Crippen molar-refractivity contribution >= 4 is 29.5 Å². The van der Waals surface area contributed by atoms with E-state index in [2.05, 4.69) is 36.2 Å². The van der Waals surface area contributed by atoms with Crippen LogP contribution in [0.15, 0.2) is 52.8 Å². The van der Waals surface area contributed by atoms with E-state index in [1.165, 1.54) is 17.4 Å². The number of allylic oxidation sites excluding steroid dienone is 2. The number of carbonyl (C=O) groups is 2. The molecule has 3 aliphatic rings. The second-order valence-electron chi connectivity index (χ2n) is 12.7. The normalized spacial score (nSPS) is 19.2. The highest BCUT2D eigenvalue weighted by Gasteiger charge is 2.41. The van der Waals surface area contributed by atoms with Crippen molar-refractivity contribution in [1.29, 1.82) is 0 Å². The van der Waals surface area contributed by atoms with Gasteiger partial charge in [0.05, 0.1) is 24.1 Å². The number of nitrogens with two attached hydrogens (primary N) is 1. The molecule has 4 heterocycles. The van der Waals surface area contributed by atoms with Gasteiger partial charge in [-0.1, -0.05) is 40.2 Å². The summed E-state index contributed by atoms with van der Waals surface area (Å²) in [6.07, 6.45) is 2.06. The number of aryl methyl sites for hydroxylation is 1. The fourth-order valence-corrected chi connectivity index (χ4v) is 6.03. The van der Waals surface area contributed by atoms with Crippen molar-refractivity contribution in [2.24, 2.45) is 35.5 Å². The van der Waals surface area contributed by atoms with E-state index in [-0.39, 0.29) is 46.8 Å². The maximum atomic E-state index is 16.2. The number of aliphatic imine (C=N–C) groups is 1. The van der Waals surface area contributed by atoms with Gasteiger partial charge < -0.3 is 20.7 Å². The summed E-state index contributed by atoms with van der Waals surface area (Å²) in [7, 11) is 1.08. The molecule has 2 amide bonds. The predicted molar refractivity (Wildman–Crippen MR) is 181 cm³/mol. The number of benzene rings is 1. The van der Waals surface area contributed by atoms with Crippen molar-refractivity contribution < 1.29 is 36.3 Å². The number of halogens is 5. The van der Waals surface area contributed by atoms with E-state index in [0.717, 1.165) is 38.1 Å². The number of piperidine rings is 1. The molecular weight excluding hydrogens is 661 g/mol. The van der Waals surface area contributed by atoms with Crippen LogP contribution in [0.2, 0.25) is 0 Å². The molecular formula is C35H44F5N7O3. The Bertz CT molecular complexity index is 1710. The van der Waals surface area contributed by atoms with Crippen LogP contribution in [0.4, 0.5) is 27.8 Å². The van der Waals surface area contributed by atoms with Crippen LogP contribution in [-0.2, 0) is 18.0 Å². The monoisotopic (exact) mass is 705 g/mol. The topological polar surface area (TPSA) is 118 Å². The average Bonchev–Trinajstić information content (AvgIpc) is 3.46. The van der Waals surface area contributed by atoms with E-state index in [0.29, 0.717) is 47.9 Å². The lowest BCUT2D eigenvalue weighted by Crippen LogP contribution is -2.43. The number of amidine groups is 1. The van der Waals surface area contributed by atoms with Crippen LogP contribution >= 0.6 is 0 Å². The molecule has 5 rings (SSSR count). The summed E-state index contributed by atoms with van der Waals surface area (Å²) in [6, 6.07) is 2.86. The second-order valence-corrected chi connectivity index (χ2v) is 12.7. The first-order chi connectivity index (χ1) is 23.6. The highest BCUT2D eigenvalue weighted by atomic mass is 19.4. The Kier molecular flexibility index (Phi) is 12.1. The standard InChI is InChI=1S/C30H32F5N7O3.C5H12/c1-4-16-10-20(17-7-6-8-41(14-17)15-43)42-23(32)13-37-28(36)27(42)25(16)26-19(31)9-18(11-21(26)45-5-2)29(44)38-24-12-22(30(33,34)35)40(3)39-24;1-4-5(2)3/h9-13,15-17H,4-8,14H2,1-3H3,(H2,36,37)(H,38,39,44);5H,4H2,1-3H3/t16?,17-;/m1./s1. The number of nitrogens with one attached hydrogen (secondary N) is 1. The van der Waals surface area contributed by atoms with Gasteiger partial charge in [0.1, 0.15) is 23.1 Å². The van der Waals surface area contributed by atoms with Crippen LogP contribution in [0.3, 0.4) is 0 Å². The number of alkyl halides is 3. The first-order valence-corrected chi connectivity index (χ1v) is 16.7. The third kappa shape index (κ3) is 8.19. The first kappa shape index (κ1) is 38.1. The van der Waals surface area contributed by atoms with Crippen LogP contribution in [-0.4, -0.2) is 57.4 Å². The summed E-state index contributed by atoms with van der Waals surface area (Å²) in [4.78, 5) is 31.6. The van der Waals surface area contributed by atoms with Crippen molar-refractivity contribution in [1.82, 2.24) is 19.6 Å². The molecule has 10 nitrogen and oxygen atoms in total. The maximum absolute atomic E-state index is 16.2. The first-order valence-electron chi connectivity index (χ1n) is 16.7. The number of rotatable bonds is 9. The number of likely N-dealkylation sites (tertiary alicyclic amines) is 1. The van der Waals surface area contributed by atoms with Gasteiger partial charge in [-0.05, 0) is 44.2 Å². The fraction of sp³-hybridized carbons (Fsp3) is 0.486. The van der Waals surface area contributed by atoms with Crippen LogP contribution in [0.1, 0.15) is 81.9 Å². The lowest BCUT2D eigenvalue weighted by molar-refractivity contribution is -0.143. The molecule has 272 valence electrons. The molecule has 50 heavy (non-hydrogen) atoms. The molecule has 0 radical (unpaired) electrons. The fourth-order valence-electron chi connectivity index (χ4n) is 6.03. The highest BCUT2D eigenvalue weighted by molar-refractivity contribution is 6.07. The molecule has 1 unspecified atom stereocenters. The number of nitrogens with zero attached hydrogens (tertiary/aromatic N) is 5. The number of hydrogen-bond acceptors (Lipinski definition) is 7. The summed E-state index contributed by atoms with van der Waals surface area (Å²) < 4.78 is 77.9. The van der Waals surface area contributed by atoms with Gasteiger partial charge in [0.2, 0.25) is 12.4 Å². The van der Waals surface area contributed by atoms with Crippen molar-refractivity contribution in [3.8, 4) is 5.75 Å². The maximum Gasteiger partial charge on any atom is 0.433 e. The molecule has 3 N–H and O–H groups in total. The van der Waals surface area contributed by atoms with E-state index < -0.39 is 35.5 Å². The van der Waals surface area contributed by atoms with Crippen LogP contribution in [0.5, 0.6) is 5.75 Å². The molecule has 0 aliphatic carbocycles. The van der Waals surface area contributed by atoms with Gasteiger partial charge in [0.25, 0.3) is 5.91 Å². The molecule has 1 aromatic carbocycles. The van der Waals surface area contributed by atoms with Gasteiger partial charge in [-0.2, -0.15) is 22.7 Å². The molecule has 15 heteroatoms. The van der Waals surface area contributed by atoms with Crippen molar-refractivity contribution in [2.75, 3.05) is 25.0 Å². The number of fused-ring (bicyclic) bond motifs is 1. The molecule has 1 fully saturated rings. The zero-order chi connectivity index (χ0) is 36.9. The summed E-state index contributed by atoms with van der Waals surface area (Å²) in [5, 5.41) is 5.95. The quantitative estimate of drug-likeness (QED) is 0.162. The average molecular weight is 706 g/mol. The highest BCUT2D eigenvalue weighted by Crippen LogP contribution is 2.47. The van der Waals surface area contributed by atoms with Gasteiger partial charge in [-0.25, -0.2) is 9.38 Å². The Labute approximate surface area is 288 Å². The molecule has 0 spiro atoms. The Morgan fingerprint density at radius 3 is 2.46 bits per heavy atom. The SMILES string of the molecule is CCC(C)C.CCOc1cc(C(=O)Nc2cc(C(F)(F)F)n(C)n2)cc(F)c1C1=C2C(N)=NC=C(F)N2C([C@@H]2CCCN(C=O)C2)=CC1CC. The summed E-state index contributed by atoms with van der Waals surface area (Å²) >= 11 is 0. The number of amides is 2. The van der Waals surface area contributed by atoms with Crippen LogP contribution in [0.25, 0.3) is 5.57 Å². The predicted octanol–water partition coefficient (Wildman–Crippen LogP) is 7.23. The van der Waals surface area contributed by atoms with E-state index in [9.17, 15) is 22.8 Å². The lowest BCUT2D eigenvalue weighted by atomic mass is 9.80. The molecule has 0 saturated carbocycles. The Hall–Kier alpha value is -4.69. The summed E-state index contributed by atoms with van der Waals surface area (Å²) in [5.74, 6) is -2.85. The number of aromatic nitrogens is 2. The Balaban J connectivity index is 0.00000105. The summed E-state index contributed by atoms with van der Waals surface area (Å²) in [5.41, 5.74) is 5.98. The number of carbonyl (C=O) groups excluding carboxylic acids is 2. The molecule has 2 atom stereocenters. The van der Waals surface area contributed by atoms with Gasteiger partial charge in [0, 0.05) is 54.9 Å². The number of hydrogen-bond donors (Lipinski definition) is 2. The Morgan fingerprint density at radius 1 is 1.18 bits per heavy atom. The Morgan fingerprint density at radius 2 is 1.88 bits per heavy atom. The zero-order valence-corrected chi connectivity index (χ0v) is 29.1. The van der Waals surface area contributed by atoms with Gasteiger partial charge >= 0.3 is 6.18 Å². The minimum absolute atomic E-state index is 0.0510. The third-order valence-corrected chi connectivity index (χ3v) is 8.82. The molecule has 3 aliphatic heterocycles. The number of ether oxygens (including phenoxy) is 1. The minimum atomic E-state index is -4.70. The molecule has 1 saturated heterocycles. The van der Waals surface area contributed by atoms with E-state index >= 15 is 8.78 Å². The van der Waals surface area contributed by atoms with E-state index in [1.807, 2.05) is 13.0 Å². The van der Waals surface area contributed by atoms with Crippen molar-refractivity contribution in [3.63, 3.8) is 0 Å². The van der Waals surface area contributed by atoms with Gasteiger partial charge in [-0.3, -0.25) is 19.2 Å². The van der Waals surface area contributed by atoms with Crippen LogP contribution < -0.4 is 15.8 Å². The van der Waals surface area contributed by atoms with E-state index in [4.69, 9.17) is 10.5 Å². The molecule has 2 aromatic rings. The number of anilines is 1. The van der Waals surface area contributed by atoms with Crippen molar-refractivity contribution in [3.05, 3.63) is 70.5 Å². The smallest absolute Gasteiger partial charge is 0.433 e.